The van der Waals surface area contributed by atoms with Gasteiger partial charge in [-0.05, 0) is 36.7 Å². The van der Waals surface area contributed by atoms with Crippen molar-refractivity contribution in [3.05, 3.63) is 35.4 Å². The molecule has 0 aliphatic carbocycles. The third kappa shape index (κ3) is 4.63. The number of benzene rings is 1. The van der Waals surface area contributed by atoms with E-state index in [0.717, 1.165) is 6.61 Å². The number of hydrogen-bond acceptors (Lipinski definition) is 1. The van der Waals surface area contributed by atoms with Crippen LogP contribution >= 0.6 is 0 Å². The molecule has 0 saturated carbocycles. The van der Waals surface area contributed by atoms with Gasteiger partial charge in [-0.1, -0.05) is 38.1 Å². The standard InChI is InChI=1S/C13H22OSi/c1-11(2)13-8-6-12(7-9-13)10-14-15(3,4)5/h6-9,11H,10H2,1-5H3. The Morgan fingerprint density at radius 2 is 1.60 bits per heavy atom. The lowest BCUT2D eigenvalue weighted by Crippen LogP contribution is -2.24. The van der Waals surface area contributed by atoms with Crippen LogP contribution in [0.4, 0.5) is 0 Å². The fraction of sp³-hybridized carbons (Fsp3) is 0.538. The Morgan fingerprint density at radius 1 is 1.07 bits per heavy atom. The zero-order valence-corrected chi connectivity index (χ0v) is 11.5. The third-order valence-electron chi connectivity index (χ3n) is 2.32. The first-order chi connectivity index (χ1) is 6.88. The molecule has 0 bridgehead atoms. The molecule has 15 heavy (non-hydrogen) atoms. The van der Waals surface area contributed by atoms with Crippen LogP contribution in [-0.2, 0) is 11.0 Å². The van der Waals surface area contributed by atoms with Crippen molar-refractivity contribution >= 4 is 8.32 Å². The second-order valence-corrected chi connectivity index (χ2v) is 9.81. The van der Waals surface area contributed by atoms with E-state index in [0.29, 0.717) is 5.92 Å². The molecule has 1 rings (SSSR count). The zero-order chi connectivity index (χ0) is 11.5. The quantitative estimate of drug-likeness (QED) is 0.695. The summed E-state index contributed by atoms with van der Waals surface area (Å²) in [4.78, 5) is 0. The Hall–Kier alpha value is -0.603. The van der Waals surface area contributed by atoms with Crippen molar-refractivity contribution in [2.45, 2.75) is 46.0 Å². The lowest BCUT2D eigenvalue weighted by molar-refractivity contribution is 0.299. The van der Waals surface area contributed by atoms with E-state index in [1.54, 1.807) is 0 Å². The average molecular weight is 222 g/mol. The number of rotatable bonds is 4. The van der Waals surface area contributed by atoms with E-state index >= 15 is 0 Å². The summed E-state index contributed by atoms with van der Waals surface area (Å²) in [5, 5.41) is 0. The maximum absolute atomic E-state index is 5.85. The maximum Gasteiger partial charge on any atom is 0.184 e. The Bertz CT molecular complexity index is 295. The molecule has 0 atom stereocenters. The van der Waals surface area contributed by atoms with Gasteiger partial charge in [0.15, 0.2) is 8.32 Å². The molecule has 2 heteroatoms. The molecule has 0 unspecified atom stereocenters. The van der Waals surface area contributed by atoms with Crippen molar-refractivity contribution in [2.75, 3.05) is 0 Å². The van der Waals surface area contributed by atoms with E-state index < -0.39 is 8.32 Å². The van der Waals surface area contributed by atoms with Crippen LogP contribution < -0.4 is 0 Å². The van der Waals surface area contributed by atoms with Crippen LogP contribution in [-0.4, -0.2) is 8.32 Å². The third-order valence-corrected chi connectivity index (χ3v) is 3.33. The maximum atomic E-state index is 5.85. The summed E-state index contributed by atoms with van der Waals surface area (Å²) >= 11 is 0. The van der Waals surface area contributed by atoms with Gasteiger partial charge in [-0.15, -0.1) is 0 Å². The minimum Gasteiger partial charge on any atom is -0.413 e. The molecule has 0 fully saturated rings. The van der Waals surface area contributed by atoms with Crippen molar-refractivity contribution in [1.82, 2.24) is 0 Å². The largest absolute Gasteiger partial charge is 0.413 e. The predicted octanol–water partition coefficient (Wildman–Crippen LogP) is 4.16. The van der Waals surface area contributed by atoms with Gasteiger partial charge in [0.1, 0.15) is 0 Å². The molecular formula is C13H22OSi. The summed E-state index contributed by atoms with van der Waals surface area (Å²) in [5.74, 6) is 0.608. The lowest BCUT2D eigenvalue weighted by Gasteiger charge is -2.17. The first-order valence-corrected chi connectivity index (χ1v) is 9.02. The molecule has 1 aromatic rings. The molecular weight excluding hydrogens is 200 g/mol. The highest BCUT2D eigenvalue weighted by molar-refractivity contribution is 6.69. The SMILES string of the molecule is CC(C)c1ccc(CO[Si](C)(C)C)cc1. The summed E-state index contributed by atoms with van der Waals surface area (Å²) in [7, 11) is -1.38. The van der Waals surface area contributed by atoms with Crippen molar-refractivity contribution in [3.8, 4) is 0 Å². The highest BCUT2D eigenvalue weighted by Gasteiger charge is 2.13. The molecule has 0 aliphatic rings. The van der Waals surface area contributed by atoms with E-state index in [4.69, 9.17) is 4.43 Å². The topological polar surface area (TPSA) is 9.23 Å². The van der Waals surface area contributed by atoms with Crippen molar-refractivity contribution < 1.29 is 4.43 Å². The Morgan fingerprint density at radius 3 is 2.00 bits per heavy atom. The van der Waals surface area contributed by atoms with Gasteiger partial charge in [0.25, 0.3) is 0 Å². The van der Waals surface area contributed by atoms with Crippen molar-refractivity contribution in [1.29, 1.82) is 0 Å². The molecule has 0 spiro atoms. The van der Waals surface area contributed by atoms with E-state index in [1.807, 2.05) is 0 Å². The molecule has 0 radical (unpaired) electrons. The molecule has 0 aliphatic heterocycles. The molecule has 84 valence electrons. The molecule has 0 saturated heterocycles. The van der Waals surface area contributed by atoms with Crippen molar-refractivity contribution in [3.63, 3.8) is 0 Å². The van der Waals surface area contributed by atoms with E-state index in [1.165, 1.54) is 11.1 Å². The van der Waals surface area contributed by atoms with Gasteiger partial charge in [0.2, 0.25) is 0 Å². The fourth-order valence-electron chi connectivity index (χ4n) is 1.30. The Labute approximate surface area is 94.6 Å². The first kappa shape index (κ1) is 12.5. The van der Waals surface area contributed by atoms with Crippen LogP contribution in [0, 0.1) is 0 Å². The summed E-state index contributed by atoms with van der Waals surface area (Å²) in [6, 6.07) is 8.76. The van der Waals surface area contributed by atoms with Crippen LogP contribution in [0.1, 0.15) is 30.9 Å². The Balaban J connectivity index is 2.57. The zero-order valence-electron chi connectivity index (χ0n) is 10.5. The Kier molecular flexibility index (Phi) is 4.11. The summed E-state index contributed by atoms with van der Waals surface area (Å²) in [6.07, 6.45) is 0. The average Bonchev–Trinajstić information content (AvgIpc) is 2.14. The van der Waals surface area contributed by atoms with Crippen LogP contribution in [0.15, 0.2) is 24.3 Å². The van der Waals surface area contributed by atoms with Gasteiger partial charge in [-0.3, -0.25) is 0 Å². The molecule has 1 nitrogen and oxygen atoms in total. The highest BCUT2D eigenvalue weighted by atomic mass is 28.4. The van der Waals surface area contributed by atoms with Crippen LogP contribution in [0.3, 0.4) is 0 Å². The lowest BCUT2D eigenvalue weighted by atomic mass is 10.0. The van der Waals surface area contributed by atoms with Crippen molar-refractivity contribution in [2.24, 2.45) is 0 Å². The van der Waals surface area contributed by atoms with E-state index in [-0.39, 0.29) is 0 Å². The van der Waals surface area contributed by atoms with Crippen LogP contribution in [0.25, 0.3) is 0 Å². The second kappa shape index (κ2) is 4.95. The molecule has 1 aromatic carbocycles. The smallest absolute Gasteiger partial charge is 0.184 e. The van der Waals surface area contributed by atoms with Crippen LogP contribution in [0.2, 0.25) is 19.6 Å². The molecule has 0 N–H and O–H groups in total. The van der Waals surface area contributed by atoms with Gasteiger partial charge in [0, 0.05) is 0 Å². The van der Waals surface area contributed by atoms with Crippen LogP contribution in [0.5, 0.6) is 0 Å². The van der Waals surface area contributed by atoms with E-state index in [9.17, 15) is 0 Å². The van der Waals surface area contributed by atoms with Gasteiger partial charge >= 0.3 is 0 Å². The number of hydrogen-bond donors (Lipinski definition) is 0. The predicted molar refractivity (Wildman–Crippen MR) is 68.7 cm³/mol. The molecule has 0 aromatic heterocycles. The monoisotopic (exact) mass is 222 g/mol. The minimum absolute atomic E-state index is 0.608. The molecule has 0 heterocycles. The minimum atomic E-state index is -1.38. The van der Waals surface area contributed by atoms with Gasteiger partial charge in [-0.2, -0.15) is 0 Å². The summed E-state index contributed by atoms with van der Waals surface area (Å²) in [5.41, 5.74) is 2.67. The molecule has 0 amide bonds. The summed E-state index contributed by atoms with van der Waals surface area (Å²) < 4.78 is 5.85. The second-order valence-electron chi connectivity index (χ2n) is 5.30. The highest BCUT2D eigenvalue weighted by Crippen LogP contribution is 2.16. The normalized spacial score (nSPS) is 12.1. The van der Waals surface area contributed by atoms with E-state index in [2.05, 4.69) is 57.8 Å². The fourth-order valence-corrected chi connectivity index (χ4v) is 1.90. The summed E-state index contributed by atoms with van der Waals surface area (Å²) in [6.45, 7) is 11.8. The van der Waals surface area contributed by atoms with Gasteiger partial charge in [0.05, 0.1) is 6.61 Å². The first-order valence-electron chi connectivity index (χ1n) is 5.61. The van der Waals surface area contributed by atoms with Gasteiger partial charge in [-0.25, -0.2) is 0 Å². The van der Waals surface area contributed by atoms with Gasteiger partial charge < -0.3 is 4.43 Å².